The fraction of sp³-hybridized carbons (Fsp3) is 0.562. The summed E-state index contributed by atoms with van der Waals surface area (Å²) in [4.78, 5) is 18.9. The number of piperidine rings is 1. The molecule has 1 aliphatic rings. The van der Waals surface area contributed by atoms with E-state index in [0.717, 1.165) is 19.6 Å². The molecule has 3 rings (SSSR count). The van der Waals surface area contributed by atoms with Gasteiger partial charge in [0, 0.05) is 19.2 Å². The Morgan fingerprint density at radius 1 is 1.30 bits per heavy atom. The van der Waals surface area contributed by atoms with E-state index in [9.17, 15) is 4.79 Å². The van der Waals surface area contributed by atoms with Crippen LogP contribution in [0.4, 0.5) is 0 Å². The van der Waals surface area contributed by atoms with Crippen molar-refractivity contribution in [3.8, 4) is 5.88 Å². The highest BCUT2D eigenvalue weighted by Crippen LogP contribution is 2.10. The third-order valence-electron chi connectivity index (χ3n) is 3.98. The second kappa shape index (κ2) is 7.41. The van der Waals surface area contributed by atoms with Crippen LogP contribution in [0.1, 0.15) is 36.7 Å². The lowest BCUT2D eigenvalue weighted by Gasteiger charge is -2.26. The smallest absolute Gasteiger partial charge is 0.271 e. The van der Waals surface area contributed by atoms with Gasteiger partial charge in [-0.05, 0) is 38.9 Å². The molecule has 0 unspecified atom stereocenters. The highest BCUT2D eigenvalue weighted by molar-refractivity contribution is 5.92. The minimum atomic E-state index is -0.162. The van der Waals surface area contributed by atoms with Crippen LogP contribution in [0.2, 0.25) is 0 Å². The van der Waals surface area contributed by atoms with Crippen molar-refractivity contribution in [2.45, 2.75) is 26.2 Å². The van der Waals surface area contributed by atoms with Gasteiger partial charge in [0.05, 0.1) is 12.8 Å². The maximum atomic E-state index is 12.2. The van der Waals surface area contributed by atoms with E-state index in [1.165, 1.54) is 19.3 Å². The number of carbonyl (C=O) groups excluding carboxylic acids is 1. The number of fused-ring (bicyclic) bond motifs is 1. The average molecular weight is 317 g/mol. The monoisotopic (exact) mass is 317 g/mol. The Morgan fingerprint density at radius 3 is 2.91 bits per heavy atom. The van der Waals surface area contributed by atoms with Crippen LogP contribution in [0.25, 0.3) is 5.65 Å². The van der Waals surface area contributed by atoms with Crippen LogP contribution < -0.4 is 10.1 Å². The van der Waals surface area contributed by atoms with E-state index in [4.69, 9.17) is 4.74 Å². The number of amides is 1. The van der Waals surface area contributed by atoms with Gasteiger partial charge in [-0.15, -0.1) is 5.10 Å². The van der Waals surface area contributed by atoms with E-state index in [-0.39, 0.29) is 5.91 Å². The summed E-state index contributed by atoms with van der Waals surface area (Å²) in [6.07, 6.45) is 5.47. The molecule has 0 aliphatic carbocycles. The fourth-order valence-corrected chi connectivity index (χ4v) is 2.80. The average Bonchev–Trinajstić information content (AvgIpc) is 2.99. The molecule has 23 heavy (non-hydrogen) atoms. The molecular weight excluding hydrogens is 294 g/mol. The van der Waals surface area contributed by atoms with Crippen molar-refractivity contribution in [3.05, 3.63) is 24.0 Å². The van der Waals surface area contributed by atoms with E-state index in [1.54, 1.807) is 22.8 Å². The normalized spacial score (nSPS) is 15.7. The summed E-state index contributed by atoms with van der Waals surface area (Å²) in [6, 6.07) is 3.55. The Labute approximate surface area is 135 Å². The van der Waals surface area contributed by atoms with E-state index in [2.05, 4.69) is 20.3 Å². The van der Waals surface area contributed by atoms with Gasteiger partial charge in [0.1, 0.15) is 5.69 Å². The van der Waals surface area contributed by atoms with E-state index >= 15 is 0 Å². The van der Waals surface area contributed by atoms with Crippen LogP contribution in [-0.2, 0) is 0 Å². The van der Waals surface area contributed by atoms with Gasteiger partial charge in [-0.1, -0.05) is 6.42 Å². The predicted octanol–water partition coefficient (Wildman–Crippen LogP) is 1.34. The lowest BCUT2D eigenvalue weighted by molar-refractivity contribution is 0.0942. The molecule has 0 atom stereocenters. The Bertz CT molecular complexity index is 664. The van der Waals surface area contributed by atoms with Crippen LogP contribution in [0, 0.1) is 0 Å². The molecule has 0 saturated carbocycles. The standard InChI is InChI=1S/C16H23N5O2/c1-2-23-15-7-6-14-18-13(12-21(14)19-15)16(22)17-8-11-20-9-4-3-5-10-20/h6-7,12H,2-5,8-11H2,1H3,(H,17,22). The molecule has 2 aromatic rings. The molecule has 0 radical (unpaired) electrons. The number of imidazole rings is 1. The minimum Gasteiger partial charge on any atom is -0.477 e. The van der Waals surface area contributed by atoms with Crippen molar-refractivity contribution in [2.75, 3.05) is 32.8 Å². The molecule has 124 valence electrons. The molecule has 7 heteroatoms. The largest absolute Gasteiger partial charge is 0.477 e. The van der Waals surface area contributed by atoms with Crippen molar-refractivity contribution < 1.29 is 9.53 Å². The summed E-state index contributed by atoms with van der Waals surface area (Å²) in [7, 11) is 0. The first-order chi connectivity index (χ1) is 11.3. The molecule has 7 nitrogen and oxygen atoms in total. The number of likely N-dealkylation sites (tertiary alicyclic amines) is 1. The quantitative estimate of drug-likeness (QED) is 0.870. The summed E-state index contributed by atoms with van der Waals surface area (Å²) in [5.74, 6) is 0.361. The second-order valence-corrected chi connectivity index (χ2v) is 5.69. The van der Waals surface area contributed by atoms with Crippen molar-refractivity contribution >= 4 is 11.6 Å². The van der Waals surface area contributed by atoms with Gasteiger partial charge in [-0.2, -0.15) is 0 Å². The molecule has 3 heterocycles. The summed E-state index contributed by atoms with van der Waals surface area (Å²) >= 11 is 0. The zero-order valence-corrected chi connectivity index (χ0v) is 13.5. The Hall–Kier alpha value is -2.15. The Morgan fingerprint density at radius 2 is 2.13 bits per heavy atom. The Balaban J connectivity index is 1.57. The molecule has 1 N–H and O–H groups in total. The molecule has 0 spiro atoms. The van der Waals surface area contributed by atoms with Gasteiger partial charge in [0.15, 0.2) is 5.65 Å². The topological polar surface area (TPSA) is 71.8 Å². The number of carbonyl (C=O) groups is 1. The molecule has 1 amide bonds. The summed E-state index contributed by atoms with van der Waals surface area (Å²) in [5, 5.41) is 7.20. The molecule has 0 aromatic carbocycles. The second-order valence-electron chi connectivity index (χ2n) is 5.69. The van der Waals surface area contributed by atoms with E-state index in [0.29, 0.717) is 30.4 Å². The molecule has 1 fully saturated rings. The lowest BCUT2D eigenvalue weighted by atomic mass is 10.1. The zero-order valence-electron chi connectivity index (χ0n) is 13.5. The number of nitrogens with zero attached hydrogens (tertiary/aromatic N) is 4. The molecule has 0 bridgehead atoms. The summed E-state index contributed by atoms with van der Waals surface area (Å²) in [6.45, 7) is 6.26. The van der Waals surface area contributed by atoms with Crippen molar-refractivity contribution in [1.82, 2.24) is 24.8 Å². The van der Waals surface area contributed by atoms with Crippen LogP contribution in [-0.4, -0.2) is 58.2 Å². The van der Waals surface area contributed by atoms with Crippen molar-refractivity contribution in [1.29, 1.82) is 0 Å². The van der Waals surface area contributed by atoms with E-state index in [1.807, 2.05) is 6.92 Å². The summed E-state index contributed by atoms with van der Waals surface area (Å²) in [5.41, 5.74) is 1.01. The van der Waals surface area contributed by atoms with Gasteiger partial charge in [-0.25, -0.2) is 9.50 Å². The number of hydrogen-bond donors (Lipinski definition) is 1. The van der Waals surface area contributed by atoms with Gasteiger partial charge in [0.2, 0.25) is 5.88 Å². The molecule has 2 aromatic heterocycles. The molecule has 1 aliphatic heterocycles. The number of nitrogens with one attached hydrogen (secondary N) is 1. The van der Waals surface area contributed by atoms with Crippen molar-refractivity contribution in [2.24, 2.45) is 0 Å². The highest BCUT2D eigenvalue weighted by atomic mass is 16.5. The number of ether oxygens (including phenoxy) is 1. The minimum absolute atomic E-state index is 0.162. The SMILES string of the molecule is CCOc1ccc2nc(C(=O)NCCN3CCCCC3)cn2n1. The zero-order chi connectivity index (χ0) is 16.1. The van der Waals surface area contributed by atoms with Crippen LogP contribution in [0.3, 0.4) is 0 Å². The third kappa shape index (κ3) is 3.98. The van der Waals surface area contributed by atoms with Crippen LogP contribution in [0.15, 0.2) is 18.3 Å². The highest BCUT2D eigenvalue weighted by Gasteiger charge is 2.13. The number of aromatic nitrogens is 3. The number of rotatable bonds is 6. The fourth-order valence-electron chi connectivity index (χ4n) is 2.80. The first-order valence-corrected chi connectivity index (χ1v) is 8.26. The summed E-state index contributed by atoms with van der Waals surface area (Å²) < 4.78 is 6.92. The third-order valence-corrected chi connectivity index (χ3v) is 3.98. The van der Waals surface area contributed by atoms with Gasteiger partial charge >= 0.3 is 0 Å². The maximum absolute atomic E-state index is 12.2. The van der Waals surface area contributed by atoms with Gasteiger partial charge in [0.25, 0.3) is 5.91 Å². The van der Waals surface area contributed by atoms with Gasteiger partial charge in [-0.3, -0.25) is 4.79 Å². The van der Waals surface area contributed by atoms with Crippen LogP contribution in [0.5, 0.6) is 5.88 Å². The maximum Gasteiger partial charge on any atom is 0.271 e. The molecular formula is C16H23N5O2. The first-order valence-electron chi connectivity index (χ1n) is 8.26. The Kier molecular flexibility index (Phi) is 5.07. The van der Waals surface area contributed by atoms with Crippen LogP contribution >= 0.6 is 0 Å². The lowest BCUT2D eigenvalue weighted by Crippen LogP contribution is -2.37. The predicted molar refractivity (Wildman–Crippen MR) is 86.8 cm³/mol. The van der Waals surface area contributed by atoms with Crippen molar-refractivity contribution in [3.63, 3.8) is 0 Å². The van der Waals surface area contributed by atoms with E-state index < -0.39 is 0 Å². The first kappa shape index (κ1) is 15.7. The molecule has 1 saturated heterocycles. The van der Waals surface area contributed by atoms with Gasteiger partial charge < -0.3 is 15.0 Å². The number of hydrogen-bond acceptors (Lipinski definition) is 5.